The van der Waals surface area contributed by atoms with Crippen molar-refractivity contribution in [2.75, 3.05) is 13.1 Å². The number of benzene rings is 1. The first-order chi connectivity index (χ1) is 14.1. The summed E-state index contributed by atoms with van der Waals surface area (Å²) in [6.07, 6.45) is 5.21. The Kier molecular flexibility index (Phi) is 5.71. The number of hydrogen-bond acceptors (Lipinski definition) is 6. The van der Waals surface area contributed by atoms with E-state index in [0.717, 1.165) is 18.4 Å². The van der Waals surface area contributed by atoms with Gasteiger partial charge < -0.3 is 19.1 Å². The van der Waals surface area contributed by atoms with Crippen molar-refractivity contribution in [3.05, 3.63) is 54.4 Å². The second kappa shape index (κ2) is 8.57. The quantitative estimate of drug-likeness (QED) is 0.688. The van der Waals surface area contributed by atoms with Crippen LogP contribution in [0.3, 0.4) is 0 Å². The molecular weight excluding hydrogens is 370 g/mol. The summed E-state index contributed by atoms with van der Waals surface area (Å²) >= 11 is 0. The number of piperidine rings is 1. The molecule has 3 aromatic rings. The molecule has 0 saturated carbocycles. The number of hydrogen-bond donors (Lipinski definition) is 1. The van der Waals surface area contributed by atoms with Crippen LogP contribution < -0.4 is 0 Å². The Balaban J connectivity index is 1.26. The van der Waals surface area contributed by atoms with Crippen LogP contribution in [0.5, 0.6) is 0 Å². The molecule has 0 bridgehead atoms. The van der Waals surface area contributed by atoms with Crippen molar-refractivity contribution in [2.24, 2.45) is 13.0 Å². The molecule has 1 fully saturated rings. The number of carbonyl (C=O) groups excluding carboxylic acids is 1. The van der Waals surface area contributed by atoms with E-state index >= 15 is 0 Å². The van der Waals surface area contributed by atoms with Gasteiger partial charge in [-0.2, -0.15) is 4.98 Å². The van der Waals surface area contributed by atoms with Gasteiger partial charge in [-0.3, -0.25) is 4.79 Å². The Labute approximate surface area is 169 Å². The van der Waals surface area contributed by atoms with Gasteiger partial charge in [-0.05, 0) is 18.8 Å². The predicted octanol–water partition coefficient (Wildman–Crippen LogP) is 2.37. The summed E-state index contributed by atoms with van der Waals surface area (Å²) in [4.78, 5) is 23.0. The van der Waals surface area contributed by atoms with Crippen molar-refractivity contribution in [1.29, 1.82) is 0 Å². The maximum Gasteiger partial charge on any atom is 0.227 e. The van der Waals surface area contributed by atoms with Crippen LogP contribution in [0.1, 0.15) is 37.1 Å². The molecule has 2 aromatic heterocycles. The number of likely N-dealkylation sites (tertiary alicyclic amines) is 1. The first kappa shape index (κ1) is 19.3. The molecule has 3 heterocycles. The van der Waals surface area contributed by atoms with E-state index in [9.17, 15) is 9.90 Å². The number of aryl methyl sites for hydroxylation is 2. The maximum absolute atomic E-state index is 12.6. The zero-order valence-electron chi connectivity index (χ0n) is 16.4. The van der Waals surface area contributed by atoms with E-state index in [1.807, 2.05) is 53.0 Å². The molecule has 1 aliphatic rings. The number of aliphatic hydroxyl groups excluding tert-OH is 1. The van der Waals surface area contributed by atoms with E-state index < -0.39 is 6.10 Å². The molecule has 8 heteroatoms. The number of aliphatic hydroxyl groups is 1. The lowest BCUT2D eigenvalue weighted by Gasteiger charge is -2.34. The van der Waals surface area contributed by atoms with Gasteiger partial charge in [0.1, 0.15) is 11.9 Å². The number of imidazole rings is 1. The van der Waals surface area contributed by atoms with Crippen molar-refractivity contribution in [3.63, 3.8) is 0 Å². The van der Waals surface area contributed by atoms with E-state index in [2.05, 4.69) is 15.1 Å². The minimum Gasteiger partial charge on any atom is -0.385 e. The standard InChI is InChI=1S/C21H25N5O3/c1-25-14-11-22-21(25)19(28)15-9-12-26(13-10-15)18(27)8-7-17-23-20(24-29-17)16-5-3-2-4-6-16/h2-6,11,14-15,19,28H,7-10,12-13H2,1H3. The summed E-state index contributed by atoms with van der Waals surface area (Å²) in [6, 6.07) is 9.61. The zero-order chi connectivity index (χ0) is 20.2. The Morgan fingerprint density at radius 1 is 1.28 bits per heavy atom. The SMILES string of the molecule is Cn1ccnc1C(O)C1CCN(C(=O)CCc2nc(-c3ccccc3)no2)CC1. The zero-order valence-corrected chi connectivity index (χ0v) is 16.4. The summed E-state index contributed by atoms with van der Waals surface area (Å²) in [7, 11) is 1.88. The van der Waals surface area contributed by atoms with E-state index in [4.69, 9.17) is 4.52 Å². The Morgan fingerprint density at radius 3 is 2.72 bits per heavy atom. The monoisotopic (exact) mass is 395 g/mol. The smallest absolute Gasteiger partial charge is 0.227 e. The second-order valence-electron chi connectivity index (χ2n) is 7.44. The normalized spacial score (nSPS) is 16.1. The fraction of sp³-hybridized carbons (Fsp3) is 0.429. The molecule has 0 spiro atoms. The Morgan fingerprint density at radius 2 is 2.03 bits per heavy atom. The molecular formula is C21H25N5O3. The fourth-order valence-electron chi connectivity index (χ4n) is 3.77. The first-order valence-electron chi connectivity index (χ1n) is 9.93. The lowest BCUT2D eigenvalue weighted by molar-refractivity contribution is -0.133. The van der Waals surface area contributed by atoms with Crippen LogP contribution in [0.25, 0.3) is 11.4 Å². The van der Waals surface area contributed by atoms with Crippen molar-refractivity contribution in [2.45, 2.75) is 31.8 Å². The van der Waals surface area contributed by atoms with Crippen LogP contribution in [0.15, 0.2) is 47.2 Å². The van der Waals surface area contributed by atoms with E-state index in [1.54, 1.807) is 6.20 Å². The third-order valence-corrected chi connectivity index (χ3v) is 5.51. The van der Waals surface area contributed by atoms with Crippen molar-refractivity contribution in [3.8, 4) is 11.4 Å². The molecule has 1 aromatic carbocycles. The second-order valence-corrected chi connectivity index (χ2v) is 7.44. The molecule has 1 aliphatic heterocycles. The van der Waals surface area contributed by atoms with Gasteiger partial charge in [0.15, 0.2) is 0 Å². The van der Waals surface area contributed by atoms with E-state index in [0.29, 0.717) is 43.5 Å². The minimum atomic E-state index is -0.595. The topological polar surface area (TPSA) is 97.3 Å². The third-order valence-electron chi connectivity index (χ3n) is 5.51. The van der Waals surface area contributed by atoms with Gasteiger partial charge in [-0.1, -0.05) is 35.5 Å². The van der Waals surface area contributed by atoms with Crippen LogP contribution in [0.4, 0.5) is 0 Å². The minimum absolute atomic E-state index is 0.0781. The number of amides is 1. The molecule has 1 unspecified atom stereocenters. The number of carbonyl (C=O) groups is 1. The van der Waals surface area contributed by atoms with Gasteiger partial charge in [-0.25, -0.2) is 4.98 Å². The average Bonchev–Trinajstić information content (AvgIpc) is 3.41. The van der Waals surface area contributed by atoms with Crippen molar-refractivity contribution < 1.29 is 14.4 Å². The van der Waals surface area contributed by atoms with Gasteiger partial charge in [0.05, 0.1) is 0 Å². The molecule has 4 rings (SSSR count). The molecule has 1 N–H and O–H groups in total. The van der Waals surface area contributed by atoms with Crippen LogP contribution in [-0.4, -0.2) is 48.7 Å². The summed E-state index contributed by atoms with van der Waals surface area (Å²) in [5.74, 6) is 1.88. The van der Waals surface area contributed by atoms with Gasteiger partial charge >= 0.3 is 0 Å². The molecule has 1 atom stereocenters. The molecule has 1 amide bonds. The number of aromatic nitrogens is 4. The summed E-state index contributed by atoms with van der Waals surface area (Å²) in [6.45, 7) is 1.29. The Hall–Kier alpha value is -3.00. The number of nitrogens with zero attached hydrogens (tertiary/aromatic N) is 5. The highest BCUT2D eigenvalue weighted by Crippen LogP contribution is 2.30. The lowest BCUT2D eigenvalue weighted by atomic mass is 9.90. The van der Waals surface area contributed by atoms with E-state index in [-0.39, 0.29) is 11.8 Å². The maximum atomic E-state index is 12.6. The fourth-order valence-corrected chi connectivity index (χ4v) is 3.77. The highest BCUT2D eigenvalue weighted by atomic mass is 16.5. The number of rotatable bonds is 6. The van der Waals surface area contributed by atoms with Crippen LogP contribution in [0.2, 0.25) is 0 Å². The lowest BCUT2D eigenvalue weighted by Crippen LogP contribution is -2.40. The Bertz CT molecular complexity index is 944. The molecule has 0 aliphatic carbocycles. The highest BCUT2D eigenvalue weighted by molar-refractivity contribution is 5.76. The van der Waals surface area contributed by atoms with Gasteiger partial charge in [0, 0.05) is 50.9 Å². The average molecular weight is 395 g/mol. The van der Waals surface area contributed by atoms with Gasteiger partial charge in [-0.15, -0.1) is 0 Å². The van der Waals surface area contributed by atoms with Crippen LogP contribution in [0, 0.1) is 5.92 Å². The van der Waals surface area contributed by atoms with Gasteiger partial charge in [0.25, 0.3) is 0 Å². The third kappa shape index (κ3) is 4.37. The van der Waals surface area contributed by atoms with E-state index in [1.165, 1.54) is 0 Å². The highest BCUT2D eigenvalue weighted by Gasteiger charge is 2.30. The molecule has 29 heavy (non-hydrogen) atoms. The van der Waals surface area contributed by atoms with Crippen LogP contribution >= 0.6 is 0 Å². The predicted molar refractivity (Wildman–Crippen MR) is 106 cm³/mol. The van der Waals surface area contributed by atoms with Gasteiger partial charge in [0.2, 0.25) is 17.6 Å². The molecule has 152 valence electrons. The van der Waals surface area contributed by atoms with Crippen LogP contribution in [-0.2, 0) is 18.3 Å². The van der Waals surface area contributed by atoms with Crippen molar-refractivity contribution in [1.82, 2.24) is 24.6 Å². The van der Waals surface area contributed by atoms with Crippen molar-refractivity contribution >= 4 is 5.91 Å². The molecule has 0 radical (unpaired) electrons. The molecule has 1 saturated heterocycles. The summed E-state index contributed by atoms with van der Waals surface area (Å²) in [5, 5.41) is 14.6. The summed E-state index contributed by atoms with van der Waals surface area (Å²) < 4.78 is 7.13. The molecule has 8 nitrogen and oxygen atoms in total. The summed E-state index contributed by atoms with van der Waals surface area (Å²) in [5.41, 5.74) is 0.891. The first-order valence-corrected chi connectivity index (χ1v) is 9.93. The largest absolute Gasteiger partial charge is 0.385 e.